The molecular weight excluding hydrogens is 516 g/mol. The van der Waals surface area contributed by atoms with E-state index in [-0.39, 0.29) is 17.5 Å². The number of carbonyl (C=O) groups is 1. The molecular formula is C28H26N6O2S2. The summed E-state index contributed by atoms with van der Waals surface area (Å²) in [7, 11) is 0. The molecule has 10 heteroatoms. The first-order chi connectivity index (χ1) is 18.5. The van der Waals surface area contributed by atoms with Crippen LogP contribution in [0, 0.1) is 0 Å². The first-order valence-electron chi connectivity index (χ1n) is 12.4. The van der Waals surface area contributed by atoms with Gasteiger partial charge in [-0.25, -0.2) is 9.97 Å². The summed E-state index contributed by atoms with van der Waals surface area (Å²) in [6.07, 6.45) is 4.46. The normalized spacial score (nSPS) is 15.3. The number of aryl methyl sites for hydroxylation is 1. The molecule has 1 aliphatic rings. The Balaban J connectivity index is 1.16. The molecule has 5 heterocycles. The van der Waals surface area contributed by atoms with Gasteiger partial charge in [0, 0.05) is 37.3 Å². The van der Waals surface area contributed by atoms with E-state index in [2.05, 4.69) is 44.9 Å². The molecule has 2 atom stereocenters. The molecule has 0 fully saturated rings. The zero-order chi connectivity index (χ0) is 26.2. The topological polar surface area (TPSA) is 115 Å². The van der Waals surface area contributed by atoms with Crippen LogP contribution in [0.5, 0.6) is 0 Å². The van der Waals surface area contributed by atoms with Crippen molar-refractivity contribution >= 4 is 50.2 Å². The van der Waals surface area contributed by atoms with E-state index in [4.69, 9.17) is 5.73 Å². The minimum atomic E-state index is -0.583. The van der Waals surface area contributed by atoms with Crippen molar-refractivity contribution < 1.29 is 4.79 Å². The average Bonchev–Trinajstić information content (AvgIpc) is 3.67. The highest BCUT2D eigenvalue weighted by molar-refractivity contribution is 7.19. The molecule has 0 aliphatic carbocycles. The van der Waals surface area contributed by atoms with E-state index < -0.39 is 6.04 Å². The van der Waals surface area contributed by atoms with Gasteiger partial charge in [0.15, 0.2) is 0 Å². The second kappa shape index (κ2) is 10.0. The summed E-state index contributed by atoms with van der Waals surface area (Å²) < 4.78 is 2.57. The van der Waals surface area contributed by atoms with Gasteiger partial charge in [-0.05, 0) is 43.2 Å². The number of benzene rings is 1. The minimum absolute atomic E-state index is 0.0872. The monoisotopic (exact) mass is 542 g/mol. The molecule has 1 aromatic carbocycles. The molecule has 4 aromatic heterocycles. The van der Waals surface area contributed by atoms with E-state index in [1.165, 1.54) is 10.4 Å². The quantitative estimate of drug-likeness (QED) is 0.262. The third-order valence-electron chi connectivity index (χ3n) is 6.72. The van der Waals surface area contributed by atoms with Gasteiger partial charge < -0.3 is 16.4 Å². The molecule has 5 aromatic rings. The van der Waals surface area contributed by atoms with Gasteiger partial charge in [0.05, 0.1) is 18.8 Å². The summed E-state index contributed by atoms with van der Waals surface area (Å²) in [5.74, 6) is 0.928. The molecule has 0 radical (unpaired) electrons. The third-order valence-corrected chi connectivity index (χ3v) is 9.14. The van der Waals surface area contributed by atoms with Crippen molar-refractivity contribution in [2.45, 2.75) is 38.4 Å². The van der Waals surface area contributed by atoms with Crippen LogP contribution in [-0.2, 0) is 17.8 Å². The van der Waals surface area contributed by atoms with Crippen molar-refractivity contribution in [3.8, 4) is 10.4 Å². The maximum atomic E-state index is 13.5. The van der Waals surface area contributed by atoms with Gasteiger partial charge in [0.25, 0.3) is 5.56 Å². The van der Waals surface area contributed by atoms with Crippen molar-refractivity contribution in [3.63, 3.8) is 0 Å². The number of aromatic nitrogens is 3. The first-order valence-corrected chi connectivity index (χ1v) is 14.0. The highest BCUT2D eigenvalue weighted by Gasteiger charge is 2.31. The van der Waals surface area contributed by atoms with E-state index in [1.54, 1.807) is 39.6 Å². The van der Waals surface area contributed by atoms with Crippen molar-refractivity contribution in [1.82, 2.24) is 19.9 Å². The maximum absolute atomic E-state index is 13.5. The van der Waals surface area contributed by atoms with Crippen LogP contribution in [0.4, 0.5) is 11.5 Å². The van der Waals surface area contributed by atoms with E-state index in [9.17, 15) is 9.59 Å². The van der Waals surface area contributed by atoms with Crippen LogP contribution in [0.15, 0.2) is 71.8 Å². The summed E-state index contributed by atoms with van der Waals surface area (Å²) in [5, 5.41) is 7.32. The van der Waals surface area contributed by atoms with Gasteiger partial charge in [-0.2, -0.15) is 0 Å². The van der Waals surface area contributed by atoms with Crippen LogP contribution in [0.1, 0.15) is 41.0 Å². The van der Waals surface area contributed by atoms with Crippen molar-refractivity contribution in [2.75, 3.05) is 11.1 Å². The highest BCUT2D eigenvalue weighted by Crippen LogP contribution is 2.33. The molecule has 0 saturated heterocycles. The molecule has 192 valence electrons. The summed E-state index contributed by atoms with van der Waals surface area (Å²) in [6.45, 7) is 2.40. The van der Waals surface area contributed by atoms with Crippen LogP contribution < -0.4 is 21.9 Å². The Morgan fingerprint density at radius 2 is 1.97 bits per heavy atom. The predicted octanol–water partition coefficient (Wildman–Crippen LogP) is 5.14. The number of nitrogens with two attached hydrogens (primary N) is 1. The lowest BCUT2D eigenvalue weighted by Gasteiger charge is -2.17. The lowest BCUT2D eigenvalue weighted by atomic mass is 10.2. The van der Waals surface area contributed by atoms with Crippen LogP contribution in [-0.4, -0.2) is 20.4 Å². The van der Waals surface area contributed by atoms with Crippen LogP contribution in [0.3, 0.4) is 0 Å². The number of amides is 1. The number of thiophene rings is 2. The molecule has 0 spiro atoms. The van der Waals surface area contributed by atoms with E-state index >= 15 is 0 Å². The van der Waals surface area contributed by atoms with Gasteiger partial charge in [-0.1, -0.05) is 30.3 Å². The number of anilines is 2. The molecule has 8 nitrogen and oxygen atoms in total. The van der Waals surface area contributed by atoms with Crippen LogP contribution in [0.2, 0.25) is 0 Å². The molecule has 4 N–H and O–H groups in total. The van der Waals surface area contributed by atoms with Crippen molar-refractivity contribution in [3.05, 3.63) is 92.9 Å². The number of carbonyl (C=O) groups excluding carboxylic acids is 1. The molecule has 1 amide bonds. The Bertz CT molecular complexity index is 1690. The minimum Gasteiger partial charge on any atom is -0.384 e. The zero-order valence-electron chi connectivity index (χ0n) is 20.7. The predicted molar refractivity (Wildman–Crippen MR) is 154 cm³/mol. The smallest absolute Gasteiger partial charge is 0.277 e. The Morgan fingerprint density at radius 1 is 1.13 bits per heavy atom. The zero-order valence-corrected chi connectivity index (χ0v) is 22.3. The number of fused-ring (bicyclic) bond motifs is 2. The third kappa shape index (κ3) is 4.68. The van der Waals surface area contributed by atoms with Gasteiger partial charge in [-0.15, -0.1) is 22.7 Å². The molecule has 2 unspecified atom stereocenters. The number of nitrogens with zero attached hydrogens (tertiary/aromatic N) is 3. The molecule has 0 saturated carbocycles. The lowest BCUT2D eigenvalue weighted by Crippen LogP contribution is -2.36. The number of rotatable bonds is 7. The summed E-state index contributed by atoms with van der Waals surface area (Å²) in [4.78, 5) is 38.5. The number of pyridine rings is 1. The summed E-state index contributed by atoms with van der Waals surface area (Å²) >= 11 is 3.26. The second-order valence-electron chi connectivity index (χ2n) is 9.33. The van der Waals surface area contributed by atoms with Crippen molar-refractivity contribution in [2.24, 2.45) is 0 Å². The Hall–Kier alpha value is -4.02. The standard InChI is InChI=1S/C28H26N6O2S2/c1-16(22-8-9-23(38-22)17-5-3-2-4-6-17)33-20-15-31-26-10-7-21(34(26)28(20)36)27(35)32-14-19-11-18-13-30-25(29)12-24(18)37-19/h2-6,8-9,11-13,15-16,21,33H,7,10,14H2,1H3,(H2,29,30)(H,32,35). The van der Waals surface area contributed by atoms with E-state index in [1.807, 2.05) is 37.3 Å². The molecule has 0 bridgehead atoms. The second-order valence-corrected chi connectivity index (χ2v) is 11.6. The first kappa shape index (κ1) is 24.3. The Kier molecular flexibility index (Phi) is 6.42. The van der Waals surface area contributed by atoms with Gasteiger partial charge in [0.1, 0.15) is 23.4 Å². The van der Waals surface area contributed by atoms with Gasteiger partial charge >= 0.3 is 0 Å². The van der Waals surface area contributed by atoms with E-state index in [0.29, 0.717) is 36.7 Å². The summed E-state index contributed by atoms with van der Waals surface area (Å²) in [5.41, 5.74) is 7.12. The van der Waals surface area contributed by atoms with Gasteiger partial charge in [0.2, 0.25) is 5.91 Å². The number of nitrogens with one attached hydrogen (secondary N) is 2. The fourth-order valence-corrected chi connectivity index (χ4v) is 6.82. The molecule has 38 heavy (non-hydrogen) atoms. The number of nitrogen functional groups attached to an aromatic ring is 1. The van der Waals surface area contributed by atoms with E-state index in [0.717, 1.165) is 19.8 Å². The number of hydrogen-bond acceptors (Lipinski definition) is 8. The molecule has 1 aliphatic heterocycles. The molecule has 6 rings (SSSR count). The SMILES string of the molecule is CC(Nc1cnc2n(c1=O)C(C(=O)NCc1cc3cnc(N)cc3s1)CC2)c1ccc(-c2ccccc2)s1. The summed E-state index contributed by atoms with van der Waals surface area (Å²) in [6, 6.07) is 17.6. The highest BCUT2D eigenvalue weighted by atomic mass is 32.1. The Morgan fingerprint density at radius 3 is 2.82 bits per heavy atom. The fourth-order valence-electron chi connectivity index (χ4n) is 4.78. The fraction of sp³-hybridized carbons (Fsp3) is 0.214. The van der Waals surface area contributed by atoms with Crippen molar-refractivity contribution in [1.29, 1.82) is 0 Å². The van der Waals surface area contributed by atoms with Crippen LogP contribution >= 0.6 is 22.7 Å². The largest absolute Gasteiger partial charge is 0.384 e. The lowest BCUT2D eigenvalue weighted by molar-refractivity contribution is -0.124. The Labute approximate surface area is 227 Å². The maximum Gasteiger partial charge on any atom is 0.277 e. The number of hydrogen-bond donors (Lipinski definition) is 3. The van der Waals surface area contributed by atoms with Crippen LogP contribution in [0.25, 0.3) is 20.5 Å². The average molecular weight is 543 g/mol. The van der Waals surface area contributed by atoms with Gasteiger partial charge in [-0.3, -0.25) is 14.2 Å².